The first-order valence-electron chi connectivity index (χ1n) is 6.37. The average Bonchev–Trinajstić information content (AvgIpc) is 2.52. The summed E-state index contributed by atoms with van der Waals surface area (Å²) in [6.07, 6.45) is 0. The number of hydrogen-bond acceptors (Lipinski definition) is 6. The van der Waals surface area contributed by atoms with Crippen LogP contribution in [0.5, 0.6) is 5.75 Å². The summed E-state index contributed by atoms with van der Waals surface area (Å²) < 4.78 is 70.4. The number of sulfonamides is 1. The molecule has 0 atom stereocenters. The Bertz CT molecular complexity index is 800. The molecule has 1 N–H and O–H groups in total. The van der Waals surface area contributed by atoms with E-state index in [4.69, 9.17) is 9.47 Å². The number of rotatable bonds is 7. The Labute approximate surface area is 187 Å². The summed E-state index contributed by atoms with van der Waals surface area (Å²) in [7, 11) is -5.52. The second kappa shape index (κ2) is 10.0. The Morgan fingerprint density at radius 3 is 2.35 bits per heavy atom. The van der Waals surface area contributed by atoms with Gasteiger partial charge in [0.05, 0.1) is 8.00 Å². The van der Waals surface area contributed by atoms with Gasteiger partial charge in [-0.1, -0.05) is 22.6 Å². The zero-order valence-electron chi connectivity index (χ0n) is 12.4. The number of esters is 2. The summed E-state index contributed by atoms with van der Waals surface area (Å²) in [5.74, 6) is -1.60. The zero-order valence-corrected chi connectivity index (χ0v) is 19.7. The smallest absolute Gasteiger partial charge is 0.461 e. The highest BCUT2D eigenvalue weighted by atomic mass is 127. The van der Waals surface area contributed by atoms with Crippen LogP contribution in [0.1, 0.15) is 10.4 Å². The molecule has 7 nitrogen and oxygen atoms in total. The minimum Gasteiger partial charge on any atom is -0.461 e. The van der Waals surface area contributed by atoms with Crippen LogP contribution in [-0.2, 0) is 19.6 Å². The number of carbonyl (C=O) groups excluding carboxylic acids is 2. The van der Waals surface area contributed by atoms with Gasteiger partial charge < -0.3 is 9.47 Å². The van der Waals surface area contributed by atoms with Gasteiger partial charge in [-0.3, -0.25) is 4.79 Å². The summed E-state index contributed by atoms with van der Waals surface area (Å²) in [6.45, 7) is -1.41. The largest absolute Gasteiger partial charge is 0.511 e. The van der Waals surface area contributed by atoms with E-state index in [0.717, 1.165) is 0 Å². The molecule has 0 heterocycles. The van der Waals surface area contributed by atoms with E-state index >= 15 is 0 Å². The van der Waals surface area contributed by atoms with E-state index in [-0.39, 0.29) is 15.7 Å². The first kappa shape index (κ1) is 24.1. The van der Waals surface area contributed by atoms with Crippen molar-refractivity contribution in [2.24, 2.45) is 0 Å². The van der Waals surface area contributed by atoms with E-state index < -0.39 is 40.6 Å². The van der Waals surface area contributed by atoms with Gasteiger partial charge in [0.1, 0.15) is 12.2 Å². The monoisotopic (exact) mass is 733 g/mol. The summed E-state index contributed by atoms with van der Waals surface area (Å²) >= 11 is 5.54. The molecule has 1 rings (SSSR count). The van der Waals surface area contributed by atoms with Crippen LogP contribution in [0.15, 0.2) is 12.1 Å². The molecule has 0 aromatic heterocycles. The number of carbonyl (C=O) groups is 2. The van der Waals surface area contributed by atoms with Crippen molar-refractivity contribution in [1.82, 2.24) is 4.72 Å². The lowest BCUT2D eigenvalue weighted by atomic mass is 10.2. The number of halogens is 6. The predicted molar refractivity (Wildman–Crippen MR) is 110 cm³/mol. The number of hydrogen-bond donors (Lipinski definition) is 1. The molecule has 14 heteroatoms. The molecule has 1 aromatic carbocycles. The number of benzene rings is 1. The van der Waals surface area contributed by atoms with Gasteiger partial charge >= 0.3 is 27.5 Å². The fourth-order valence-corrected chi connectivity index (χ4v) is 4.06. The van der Waals surface area contributed by atoms with Gasteiger partial charge in [-0.05, 0) is 57.3 Å². The molecule has 146 valence electrons. The highest BCUT2D eigenvalue weighted by Gasteiger charge is 2.45. The number of nitrogens with one attached hydrogen (secondary N) is 1. The predicted octanol–water partition coefficient (Wildman–Crippen LogP) is 2.83. The fraction of sp³-hybridized carbons (Fsp3) is 0.333. The quantitative estimate of drug-likeness (QED) is 0.152. The fourth-order valence-electron chi connectivity index (χ4n) is 1.44. The second-order valence-corrected chi connectivity index (χ2v) is 9.28. The normalized spacial score (nSPS) is 11.9. The molecule has 0 unspecified atom stereocenters. The van der Waals surface area contributed by atoms with Crippen LogP contribution >= 0.6 is 67.8 Å². The highest BCUT2D eigenvalue weighted by molar-refractivity contribution is 14.1. The van der Waals surface area contributed by atoms with E-state index in [1.165, 1.54) is 10.8 Å². The van der Waals surface area contributed by atoms with E-state index in [1.807, 2.05) is 45.2 Å². The molecule has 0 amide bonds. The molecule has 0 spiro atoms. The van der Waals surface area contributed by atoms with Crippen LogP contribution in [0.2, 0.25) is 0 Å². The van der Waals surface area contributed by atoms with Gasteiger partial charge in [-0.2, -0.15) is 13.2 Å². The molecule has 0 aliphatic carbocycles. The Morgan fingerprint density at radius 1 is 1.19 bits per heavy atom. The van der Waals surface area contributed by atoms with E-state index in [2.05, 4.69) is 0 Å². The van der Waals surface area contributed by atoms with Gasteiger partial charge in [0.15, 0.2) is 5.75 Å². The van der Waals surface area contributed by atoms with Crippen LogP contribution in [-0.4, -0.2) is 43.4 Å². The lowest BCUT2D eigenvalue weighted by molar-refractivity contribution is -0.131. The summed E-state index contributed by atoms with van der Waals surface area (Å²) in [4.78, 5) is 23.6. The molecule has 0 radical (unpaired) electrons. The van der Waals surface area contributed by atoms with Crippen LogP contribution < -0.4 is 9.46 Å². The topological polar surface area (TPSA) is 98.8 Å². The maximum atomic E-state index is 12.2. The van der Waals surface area contributed by atoms with Crippen molar-refractivity contribution >= 4 is 89.7 Å². The van der Waals surface area contributed by atoms with Crippen molar-refractivity contribution in [1.29, 1.82) is 0 Å². The number of alkyl halides is 4. The summed E-state index contributed by atoms with van der Waals surface area (Å²) in [6, 6.07) is 3.02. The second-order valence-electron chi connectivity index (χ2n) is 4.35. The minimum absolute atomic E-state index is 0.0337. The Morgan fingerprint density at radius 2 is 1.81 bits per heavy atom. The Kier molecular flexibility index (Phi) is 9.27. The van der Waals surface area contributed by atoms with Crippen LogP contribution in [0.25, 0.3) is 0 Å². The van der Waals surface area contributed by atoms with Gasteiger partial charge in [-0.25, -0.2) is 17.9 Å². The standard InChI is InChI=1S/C12H9F3I3NO6S/c13-12(14,15)26(22,23)19-1-2-24-11(21)7-3-6(17)4-8(18)10(7)25-9(20)5-16/h3-4,19H,1-2,5H2. The SMILES string of the molecule is O=C(CI)Oc1c(I)cc(I)cc1C(=O)OCCNS(=O)(=O)C(F)(F)F. The molecule has 0 fully saturated rings. The van der Waals surface area contributed by atoms with Crippen LogP contribution in [0.3, 0.4) is 0 Å². The molecule has 0 aliphatic rings. The lowest BCUT2D eigenvalue weighted by Gasteiger charge is -2.13. The van der Waals surface area contributed by atoms with Crippen molar-refractivity contribution in [2.75, 3.05) is 17.6 Å². The van der Waals surface area contributed by atoms with Crippen LogP contribution in [0.4, 0.5) is 13.2 Å². The van der Waals surface area contributed by atoms with Crippen molar-refractivity contribution < 1.29 is 40.7 Å². The summed E-state index contributed by atoms with van der Waals surface area (Å²) in [5, 5.41) is 0. The van der Waals surface area contributed by atoms with Crippen molar-refractivity contribution in [3.63, 3.8) is 0 Å². The molecule has 26 heavy (non-hydrogen) atoms. The zero-order chi connectivity index (χ0) is 20.1. The third-order valence-electron chi connectivity index (χ3n) is 2.49. The number of ether oxygens (including phenoxy) is 2. The van der Waals surface area contributed by atoms with E-state index in [0.29, 0.717) is 7.14 Å². The van der Waals surface area contributed by atoms with Crippen molar-refractivity contribution in [3.05, 3.63) is 24.8 Å². The van der Waals surface area contributed by atoms with Crippen LogP contribution in [0, 0.1) is 7.14 Å². The molecule has 0 bridgehead atoms. The van der Waals surface area contributed by atoms with E-state index in [9.17, 15) is 31.2 Å². The molecular formula is C12H9F3I3NO6S. The van der Waals surface area contributed by atoms with Crippen molar-refractivity contribution in [2.45, 2.75) is 5.51 Å². The molecule has 0 saturated carbocycles. The summed E-state index contributed by atoms with van der Waals surface area (Å²) in [5.41, 5.74) is -5.55. The first-order chi connectivity index (χ1) is 11.9. The van der Waals surface area contributed by atoms with Crippen molar-refractivity contribution in [3.8, 4) is 5.75 Å². The maximum Gasteiger partial charge on any atom is 0.511 e. The first-order valence-corrected chi connectivity index (χ1v) is 11.5. The Balaban J connectivity index is 2.83. The maximum absolute atomic E-state index is 12.2. The average molecular weight is 733 g/mol. The molecule has 1 aromatic rings. The molecule has 0 saturated heterocycles. The van der Waals surface area contributed by atoms with Gasteiger partial charge in [0.2, 0.25) is 0 Å². The Hall–Kier alpha value is 0.0500. The lowest BCUT2D eigenvalue weighted by Crippen LogP contribution is -2.38. The van der Waals surface area contributed by atoms with E-state index in [1.54, 1.807) is 28.7 Å². The highest BCUT2D eigenvalue weighted by Crippen LogP contribution is 2.29. The minimum atomic E-state index is -5.52. The third-order valence-corrected chi connectivity index (χ3v) is 5.73. The molecule has 0 aliphatic heterocycles. The third kappa shape index (κ3) is 6.89. The van der Waals surface area contributed by atoms with Gasteiger partial charge in [0.25, 0.3) is 0 Å². The molecular weight excluding hydrogens is 724 g/mol. The van der Waals surface area contributed by atoms with Gasteiger partial charge in [-0.15, -0.1) is 0 Å². The van der Waals surface area contributed by atoms with Gasteiger partial charge in [0, 0.05) is 10.1 Å².